The van der Waals surface area contributed by atoms with Crippen molar-refractivity contribution in [1.82, 2.24) is 9.80 Å². The van der Waals surface area contributed by atoms with Crippen molar-refractivity contribution < 1.29 is 28.2 Å². The number of carbonyl (C=O) groups is 1. The number of halogens is 2. The Labute approximate surface area is 195 Å². The molecule has 186 valence electrons. The maximum atomic E-state index is 13.6. The molecule has 8 heteroatoms. The molecule has 0 spiro atoms. The Morgan fingerprint density at radius 2 is 1.73 bits per heavy atom. The van der Waals surface area contributed by atoms with E-state index in [0.717, 1.165) is 43.9 Å². The lowest BCUT2D eigenvalue weighted by Gasteiger charge is -2.42. The number of hydrogen-bond acceptors (Lipinski definition) is 5. The van der Waals surface area contributed by atoms with Crippen LogP contribution in [0.15, 0.2) is 18.2 Å². The zero-order valence-corrected chi connectivity index (χ0v) is 20.3. The van der Waals surface area contributed by atoms with Crippen LogP contribution in [0.1, 0.15) is 46.5 Å². The van der Waals surface area contributed by atoms with E-state index >= 15 is 0 Å². The van der Waals surface area contributed by atoms with Gasteiger partial charge in [-0.05, 0) is 37.0 Å². The molecule has 1 atom stereocenters. The molecule has 0 radical (unpaired) electrons. The normalized spacial score (nSPS) is 27.3. The molecular formula is C25H38F2N2O4. The van der Waals surface area contributed by atoms with Gasteiger partial charge in [-0.15, -0.1) is 0 Å². The first-order chi connectivity index (χ1) is 15.5. The molecule has 6 nitrogen and oxygen atoms in total. The summed E-state index contributed by atoms with van der Waals surface area (Å²) in [6.45, 7) is 8.14. The van der Waals surface area contributed by atoms with Crippen molar-refractivity contribution in [3.8, 4) is 5.75 Å². The first-order valence-corrected chi connectivity index (χ1v) is 11.8. The Morgan fingerprint density at radius 1 is 1.09 bits per heavy atom. The number of β-amino-alcohol motifs (C(OH)–C–C–N with tert-alkyl or cyclic N) is 1. The van der Waals surface area contributed by atoms with Crippen molar-refractivity contribution in [2.45, 2.75) is 58.1 Å². The summed E-state index contributed by atoms with van der Waals surface area (Å²) in [6.07, 6.45) is 4.35. The van der Waals surface area contributed by atoms with Crippen LogP contribution in [-0.2, 0) is 9.53 Å². The lowest BCUT2D eigenvalue weighted by atomic mass is 9.71. The van der Waals surface area contributed by atoms with Crippen LogP contribution in [0.5, 0.6) is 5.75 Å². The van der Waals surface area contributed by atoms with Crippen LogP contribution in [-0.4, -0.2) is 79.0 Å². The van der Waals surface area contributed by atoms with Gasteiger partial charge in [-0.2, -0.15) is 0 Å². The number of rotatable bonds is 6. The molecule has 2 fully saturated rings. The lowest BCUT2D eigenvalue weighted by Crippen LogP contribution is -2.54. The van der Waals surface area contributed by atoms with E-state index < -0.39 is 17.2 Å². The van der Waals surface area contributed by atoms with Gasteiger partial charge in [-0.1, -0.05) is 20.8 Å². The van der Waals surface area contributed by atoms with E-state index in [1.165, 1.54) is 7.11 Å². The molecule has 1 N–H and O–H groups in total. The minimum Gasteiger partial charge on any atom is -0.490 e. The highest BCUT2D eigenvalue weighted by Crippen LogP contribution is 2.39. The maximum absolute atomic E-state index is 13.6. The van der Waals surface area contributed by atoms with E-state index in [1.54, 1.807) is 4.90 Å². The highest BCUT2D eigenvalue weighted by Gasteiger charge is 2.41. The van der Waals surface area contributed by atoms with Crippen LogP contribution in [0, 0.1) is 23.0 Å². The highest BCUT2D eigenvalue weighted by atomic mass is 19.1. The standard InChI is InChI=1S/C25H38F2N2O4/c1-24(2,3)18-5-7-21(8-6-18)28-9-10-29(23(30)14-32-4)16-25(31,15-28)17-33-22-12-19(26)11-20(27)13-22/h11-13,18,21,31H,5-10,14-17H2,1-4H3/t18?,21?,25-/m1/s1. The predicted molar refractivity (Wildman–Crippen MR) is 122 cm³/mol. The number of aliphatic hydroxyl groups is 1. The summed E-state index contributed by atoms with van der Waals surface area (Å²) < 4.78 is 37.8. The van der Waals surface area contributed by atoms with Crippen LogP contribution in [0.25, 0.3) is 0 Å². The van der Waals surface area contributed by atoms with Crippen LogP contribution >= 0.6 is 0 Å². The third kappa shape index (κ3) is 7.11. The van der Waals surface area contributed by atoms with Gasteiger partial charge in [0.1, 0.15) is 36.2 Å². The molecule has 33 heavy (non-hydrogen) atoms. The number of ether oxygens (including phenoxy) is 2. The third-order valence-electron chi connectivity index (χ3n) is 7.04. The first-order valence-electron chi connectivity index (χ1n) is 11.8. The van der Waals surface area contributed by atoms with Crippen molar-refractivity contribution in [2.24, 2.45) is 11.3 Å². The Bertz CT molecular complexity index is 788. The zero-order chi connectivity index (χ0) is 24.2. The fraction of sp³-hybridized carbons (Fsp3) is 0.720. The molecule has 0 bridgehead atoms. The van der Waals surface area contributed by atoms with Crippen LogP contribution in [0.2, 0.25) is 0 Å². The molecule has 1 saturated carbocycles. The van der Waals surface area contributed by atoms with Crippen molar-refractivity contribution in [2.75, 3.05) is 46.5 Å². The summed E-state index contributed by atoms with van der Waals surface area (Å²) >= 11 is 0. The highest BCUT2D eigenvalue weighted by molar-refractivity contribution is 5.77. The van der Waals surface area contributed by atoms with Gasteiger partial charge in [-0.25, -0.2) is 8.78 Å². The third-order valence-corrected chi connectivity index (χ3v) is 7.04. The second-order valence-electron chi connectivity index (χ2n) is 10.7. The fourth-order valence-corrected chi connectivity index (χ4v) is 5.16. The molecule has 1 heterocycles. The summed E-state index contributed by atoms with van der Waals surface area (Å²) in [5.41, 5.74) is -1.11. The van der Waals surface area contributed by atoms with Gasteiger partial charge in [-0.3, -0.25) is 9.69 Å². The Morgan fingerprint density at radius 3 is 2.30 bits per heavy atom. The molecule has 0 aromatic heterocycles. The number of carbonyl (C=O) groups excluding carboxylic acids is 1. The largest absolute Gasteiger partial charge is 0.490 e. The minimum atomic E-state index is -1.39. The molecule has 0 unspecified atom stereocenters. The summed E-state index contributed by atoms with van der Waals surface area (Å²) in [4.78, 5) is 16.4. The van der Waals surface area contributed by atoms with Gasteiger partial charge in [0, 0.05) is 51.0 Å². The van der Waals surface area contributed by atoms with E-state index in [0.29, 0.717) is 31.6 Å². The van der Waals surface area contributed by atoms with Gasteiger partial charge in [0.2, 0.25) is 5.91 Å². The molecular weight excluding hydrogens is 430 g/mol. The van der Waals surface area contributed by atoms with Gasteiger partial charge in [0.25, 0.3) is 0 Å². The summed E-state index contributed by atoms with van der Waals surface area (Å²) in [6, 6.07) is 3.26. The smallest absolute Gasteiger partial charge is 0.248 e. The molecule has 1 aromatic rings. The predicted octanol–water partition coefficient (Wildman–Crippen LogP) is 3.47. The molecule has 1 aliphatic heterocycles. The molecule has 2 aliphatic rings. The van der Waals surface area contributed by atoms with Crippen molar-refractivity contribution in [3.63, 3.8) is 0 Å². The lowest BCUT2D eigenvalue weighted by molar-refractivity contribution is -0.138. The summed E-state index contributed by atoms with van der Waals surface area (Å²) in [5.74, 6) is -1.01. The first kappa shape index (κ1) is 25.8. The molecule has 1 saturated heterocycles. The number of hydrogen-bond donors (Lipinski definition) is 1. The molecule has 1 aliphatic carbocycles. The number of benzene rings is 1. The number of nitrogens with zero attached hydrogens (tertiary/aromatic N) is 2. The molecule has 1 aromatic carbocycles. The average Bonchev–Trinajstić information content (AvgIpc) is 2.91. The second-order valence-corrected chi connectivity index (χ2v) is 10.7. The van der Waals surface area contributed by atoms with Crippen molar-refractivity contribution in [3.05, 3.63) is 29.8 Å². The maximum Gasteiger partial charge on any atom is 0.248 e. The van der Waals surface area contributed by atoms with Crippen LogP contribution in [0.3, 0.4) is 0 Å². The van der Waals surface area contributed by atoms with E-state index in [9.17, 15) is 18.7 Å². The van der Waals surface area contributed by atoms with E-state index in [4.69, 9.17) is 9.47 Å². The second kappa shape index (κ2) is 10.7. The van der Waals surface area contributed by atoms with Crippen LogP contribution < -0.4 is 4.74 Å². The summed E-state index contributed by atoms with van der Waals surface area (Å²) in [5, 5.41) is 11.5. The molecule has 3 rings (SSSR count). The monoisotopic (exact) mass is 468 g/mol. The van der Waals surface area contributed by atoms with Gasteiger partial charge in [0.05, 0.1) is 6.54 Å². The van der Waals surface area contributed by atoms with Crippen molar-refractivity contribution in [1.29, 1.82) is 0 Å². The van der Waals surface area contributed by atoms with Gasteiger partial charge < -0.3 is 19.5 Å². The van der Waals surface area contributed by atoms with E-state index in [1.807, 2.05) is 0 Å². The minimum absolute atomic E-state index is 0.0113. The van der Waals surface area contributed by atoms with Gasteiger partial charge >= 0.3 is 0 Å². The quantitative estimate of drug-likeness (QED) is 0.693. The number of amides is 1. The van der Waals surface area contributed by atoms with E-state index in [2.05, 4.69) is 25.7 Å². The SMILES string of the molecule is COCC(=O)N1CCN(C2CCC(C(C)(C)C)CC2)C[C@](O)(COc2cc(F)cc(F)c2)C1. The summed E-state index contributed by atoms with van der Waals surface area (Å²) in [7, 11) is 1.46. The molecule has 1 amide bonds. The Hall–Kier alpha value is -1.77. The van der Waals surface area contributed by atoms with E-state index in [-0.39, 0.29) is 36.8 Å². The topological polar surface area (TPSA) is 62.2 Å². The van der Waals surface area contributed by atoms with Crippen molar-refractivity contribution >= 4 is 5.91 Å². The average molecular weight is 469 g/mol. The number of methoxy groups -OCH3 is 1. The zero-order valence-electron chi connectivity index (χ0n) is 20.3. The fourth-order valence-electron chi connectivity index (χ4n) is 5.16. The Kier molecular flexibility index (Phi) is 8.35. The Balaban J connectivity index is 1.73. The van der Waals surface area contributed by atoms with Crippen LogP contribution in [0.4, 0.5) is 8.78 Å². The van der Waals surface area contributed by atoms with Gasteiger partial charge in [0.15, 0.2) is 0 Å².